The largest absolute Gasteiger partial charge is 0.494 e. The van der Waals surface area contributed by atoms with Crippen molar-refractivity contribution < 1.29 is 9.31 Å². The second-order valence-corrected chi connectivity index (χ2v) is 7.67. The Hall–Kier alpha value is -2.11. The zero-order valence-corrected chi connectivity index (χ0v) is 15.4. The van der Waals surface area contributed by atoms with Crippen molar-refractivity contribution in [2.75, 3.05) is 0 Å². The van der Waals surface area contributed by atoms with Crippen molar-refractivity contribution in [3.63, 3.8) is 0 Å². The molecule has 4 nitrogen and oxygen atoms in total. The summed E-state index contributed by atoms with van der Waals surface area (Å²) in [7, 11) is -0.364. The zero-order chi connectivity index (χ0) is 17.8. The topological polar surface area (TPSA) is 36.3 Å². The molecule has 2 aromatic carbocycles. The molecule has 25 heavy (non-hydrogen) atoms. The molecule has 0 N–H and O–H groups in total. The highest BCUT2D eigenvalue weighted by Gasteiger charge is 2.51. The Bertz CT molecular complexity index is 916. The van der Waals surface area contributed by atoms with Crippen LogP contribution in [0, 0.1) is 6.92 Å². The van der Waals surface area contributed by atoms with Gasteiger partial charge in [0.05, 0.1) is 22.2 Å². The molecule has 1 aliphatic rings. The zero-order valence-electron chi connectivity index (χ0n) is 15.4. The first-order valence-corrected chi connectivity index (χ1v) is 8.69. The summed E-state index contributed by atoms with van der Waals surface area (Å²) < 4.78 is 14.5. The normalized spacial score (nSPS) is 18.8. The molecule has 0 bridgehead atoms. The number of nitrogens with zero attached hydrogens (tertiary/aromatic N) is 2. The minimum absolute atomic E-state index is 0.341. The molecule has 0 spiro atoms. The maximum Gasteiger partial charge on any atom is 0.494 e. The van der Waals surface area contributed by atoms with Crippen molar-refractivity contribution in [1.82, 2.24) is 9.55 Å². The molecule has 0 aliphatic carbocycles. The highest BCUT2D eigenvalue weighted by Crippen LogP contribution is 2.36. The molecule has 0 atom stereocenters. The monoisotopic (exact) mass is 334 g/mol. The van der Waals surface area contributed by atoms with E-state index in [1.54, 1.807) is 0 Å². The molecule has 0 radical (unpaired) electrons. The first-order valence-electron chi connectivity index (χ1n) is 8.69. The fraction of sp³-hybridized carbons (Fsp3) is 0.350. The average Bonchev–Trinajstić information content (AvgIpc) is 2.99. The molecule has 3 aromatic rings. The van der Waals surface area contributed by atoms with Gasteiger partial charge in [-0.15, -0.1) is 0 Å². The lowest BCUT2D eigenvalue weighted by atomic mass is 9.79. The van der Waals surface area contributed by atoms with Crippen LogP contribution in [-0.4, -0.2) is 27.9 Å². The van der Waals surface area contributed by atoms with Gasteiger partial charge in [-0.05, 0) is 64.3 Å². The van der Waals surface area contributed by atoms with Crippen LogP contribution in [0.1, 0.15) is 33.5 Å². The van der Waals surface area contributed by atoms with Gasteiger partial charge in [0.25, 0.3) is 0 Å². The average molecular weight is 334 g/mol. The van der Waals surface area contributed by atoms with Crippen molar-refractivity contribution in [1.29, 1.82) is 0 Å². The van der Waals surface area contributed by atoms with Crippen molar-refractivity contribution in [3.8, 4) is 5.69 Å². The van der Waals surface area contributed by atoms with Gasteiger partial charge in [-0.1, -0.05) is 24.3 Å². The molecule has 0 amide bonds. The Balaban J connectivity index is 1.76. The van der Waals surface area contributed by atoms with Gasteiger partial charge >= 0.3 is 7.12 Å². The van der Waals surface area contributed by atoms with E-state index in [9.17, 15) is 0 Å². The lowest BCUT2D eigenvalue weighted by Crippen LogP contribution is -2.41. The van der Waals surface area contributed by atoms with Crippen molar-refractivity contribution in [2.45, 2.75) is 45.8 Å². The Labute approximate surface area is 148 Å². The van der Waals surface area contributed by atoms with Crippen molar-refractivity contribution >= 4 is 23.6 Å². The first kappa shape index (κ1) is 16.4. The van der Waals surface area contributed by atoms with E-state index in [1.165, 1.54) is 0 Å². The van der Waals surface area contributed by atoms with Crippen LogP contribution in [-0.2, 0) is 9.31 Å². The van der Waals surface area contributed by atoms with E-state index in [0.717, 1.165) is 28.0 Å². The Morgan fingerprint density at radius 1 is 0.920 bits per heavy atom. The van der Waals surface area contributed by atoms with Gasteiger partial charge in [0, 0.05) is 5.69 Å². The number of rotatable bonds is 2. The highest BCUT2D eigenvalue weighted by molar-refractivity contribution is 6.62. The number of aryl methyl sites for hydroxylation is 1. The number of para-hydroxylation sites is 1. The Kier molecular flexibility index (Phi) is 3.57. The summed E-state index contributed by atoms with van der Waals surface area (Å²) in [6, 6.07) is 16.5. The fourth-order valence-electron chi connectivity index (χ4n) is 3.25. The van der Waals surface area contributed by atoms with Crippen LogP contribution in [0.2, 0.25) is 0 Å². The number of benzene rings is 2. The van der Waals surface area contributed by atoms with E-state index in [1.807, 2.05) is 25.1 Å². The van der Waals surface area contributed by atoms with E-state index in [2.05, 4.69) is 62.6 Å². The molecular weight excluding hydrogens is 311 g/mol. The highest BCUT2D eigenvalue weighted by atomic mass is 16.7. The van der Waals surface area contributed by atoms with Crippen LogP contribution in [0.25, 0.3) is 16.7 Å². The van der Waals surface area contributed by atoms with E-state index in [4.69, 9.17) is 14.3 Å². The maximum absolute atomic E-state index is 6.16. The number of fused-ring (bicyclic) bond motifs is 1. The van der Waals surface area contributed by atoms with Crippen LogP contribution >= 0.6 is 0 Å². The van der Waals surface area contributed by atoms with Gasteiger partial charge in [-0.2, -0.15) is 0 Å². The molecule has 1 aromatic heterocycles. The summed E-state index contributed by atoms with van der Waals surface area (Å²) in [6.45, 7) is 10.3. The molecule has 1 fully saturated rings. The summed E-state index contributed by atoms with van der Waals surface area (Å²) >= 11 is 0. The van der Waals surface area contributed by atoms with Gasteiger partial charge in [-0.3, -0.25) is 4.57 Å². The SMILES string of the molecule is Cc1nc2cc(B3OC(C)(C)C(C)(C)O3)ccc2n1-c1ccccc1. The van der Waals surface area contributed by atoms with Crippen molar-refractivity contribution in [2.24, 2.45) is 0 Å². The van der Waals surface area contributed by atoms with Gasteiger partial charge in [0.15, 0.2) is 0 Å². The third kappa shape index (κ3) is 2.59. The van der Waals surface area contributed by atoms with Crippen LogP contribution in [0.15, 0.2) is 48.5 Å². The quantitative estimate of drug-likeness (QED) is 0.672. The van der Waals surface area contributed by atoms with E-state index in [0.29, 0.717) is 0 Å². The molecule has 2 heterocycles. The van der Waals surface area contributed by atoms with Gasteiger partial charge in [0.1, 0.15) is 5.82 Å². The number of imidazole rings is 1. The predicted octanol–water partition coefficient (Wildman–Crippen LogP) is 3.63. The van der Waals surface area contributed by atoms with Gasteiger partial charge in [-0.25, -0.2) is 4.98 Å². The van der Waals surface area contributed by atoms with Crippen LogP contribution < -0.4 is 5.46 Å². The molecule has 5 heteroatoms. The van der Waals surface area contributed by atoms with Gasteiger partial charge < -0.3 is 9.31 Å². The lowest BCUT2D eigenvalue weighted by molar-refractivity contribution is 0.00578. The smallest absolute Gasteiger partial charge is 0.399 e. The van der Waals surface area contributed by atoms with Crippen LogP contribution in [0.5, 0.6) is 0 Å². The Morgan fingerprint density at radius 2 is 1.56 bits per heavy atom. The van der Waals surface area contributed by atoms with E-state index < -0.39 is 0 Å². The third-order valence-corrected chi connectivity index (χ3v) is 5.39. The molecule has 0 unspecified atom stereocenters. The minimum atomic E-state index is -0.364. The predicted molar refractivity (Wildman–Crippen MR) is 102 cm³/mol. The third-order valence-electron chi connectivity index (χ3n) is 5.39. The number of aromatic nitrogens is 2. The second-order valence-electron chi connectivity index (χ2n) is 7.67. The molecule has 1 saturated heterocycles. The maximum atomic E-state index is 6.16. The van der Waals surface area contributed by atoms with Crippen molar-refractivity contribution in [3.05, 3.63) is 54.4 Å². The number of hydrogen-bond donors (Lipinski definition) is 0. The first-order chi connectivity index (χ1) is 11.8. The molecule has 0 saturated carbocycles. The molecule has 4 rings (SSSR count). The summed E-state index contributed by atoms with van der Waals surface area (Å²) in [5.74, 6) is 0.965. The van der Waals surface area contributed by atoms with Crippen LogP contribution in [0.3, 0.4) is 0 Å². The minimum Gasteiger partial charge on any atom is -0.399 e. The standard InChI is InChI=1S/C20H23BN2O2/c1-14-22-17-13-15(21-24-19(2,3)20(4,5)25-21)11-12-18(17)23(14)16-9-7-6-8-10-16/h6-13H,1-5H3. The second kappa shape index (κ2) is 5.45. The van der Waals surface area contributed by atoms with E-state index >= 15 is 0 Å². The van der Waals surface area contributed by atoms with Gasteiger partial charge in [0.2, 0.25) is 0 Å². The lowest BCUT2D eigenvalue weighted by Gasteiger charge is -2.32. The fourth-order valence-corrected chi connectivity index (χ4v) is 3.25. The summed E-state index contributed by atoms with van der Waals surface area (Å²) in [5, 5.41) is 0. The summed E-state index contributed by atoms with van der Waals surface area (Å²) in [4.78, 5) is 4.75. The Morgan fingerprint density at radius 3 is 2.20 bits per heavy atom. The molecular formula is C20H23BN2O2. The van der Waals surface area contributed by atoms with E-state index in [-0.39, 0.29) is 18.3 Å². The number of hydrogen-bond acceptors (Lipinski definition) is 3. The molecule has 128 valence electrons. The summed E-state index contributed by atoms with van der Waals surface area (Å²) in [5.41, 5.74) is 3.48. The van der Waals surface area contributed by atoms with Crippen LogP contribution in [0.4, 0.5) is 0 Å². The summed E-state index contributed by atoms with van der Waals surface area (Å²) in [6.07, 6.45) is 0. The molecule has 1 aliphatic heterocycles.